The van der Waals surface area contributed by atoms with Crippen LogP contribution in [0.25, 0.3) is 0 Å². The molecular formula is C15H22N2O4. The van der Waals surface area contributed by atoms with Gasteiger partial charge in [0.2, 0.25) is 0 Å². The highest BCUT2D eigenvalue weighted by atomic mass is 16.5. The van der Waals surface area contributed by atoms with Gasteiger partial charge in [-0.1, -0.05) is 12.1 Å². The van der Waals surface area contributed by atoms with E-state index in [9.17, 15) is 4.79 Å². The maximum atomic E-state index is 12.2. The third-order valence-corrected chi connectivity index (χ3v) is 3.55. The van der Waals surface area contributed by atoms with Gasteiger partial charge >= 0.3 is 0 Å². The van der Waals surface area contributed by atoms with Crippen molar-refractivity contribution in [2.45, 2.75) is 25.6 Å². The first kappa shape index (κ1) is 15.8. The number of aliphatic hydroxyl groups is 1. The molecule has 1 aromatic carbocycles. The molecule has 2 rings (SSSR count). The zero-order valence-corrected chi connectivity index (χ0v) is 12.2. The number of benzene rings is 1. The topological polar surface area (TPSA) is 85.0 Å². The Labute approximate surface area is 124 Å². The van der Waals surface area contributed by atoms with Crippen LogP contribution in [0.5, 0.6) is 5.75 Å². The van der Waals surface area contributed by atoms with Crippen LogP contribution in [0.15, 0.2) is 24.3 Å². The molecule has 21 heavy (non-hydrogen) atoms. The van der Waals surface area contributed by atoms with Crippen molar-refractivity contribution in [1.82, 2.24) is 4.90 Å². The van der Waals surface area contributed by atoms with Crippen molar-refractivity contribution in [2.24, 2.45) is 5.73 Å². The molecule has 2 unspecified atom stereocenters. The normalized spacial score (nSPS) is 22.1. The van der Waals surface area contributed by atoms with Crippen molar-refractivity contribution in [2.75, 3.05) is 26.4 Å². The average Bonchev–Trinajstić information content (AvgIpc) is 2.53. The monoisotopic (exact) mass is 294 g/mol. The van der Waals surface area contributed by atoms with E-state index in [1.807, 2.05) is 19.1 Å². The number of nitrogens with zero attached hydrogens (tertiary/aromatic N) is 1. The van der Waals surface area contributed by atoms with E-state index in [0.717, 1.165) is 5.56 Å². The van der Waals surface area contributed by atoms with Crippen molar-refractivity contribution in [3.05, 3.63) is 29.8 Å². The van der Waals surface area contributed by atoms with Crippen molar-refractivity contribution < 1.29 is 19.4 Å². The number of rotatable bonds is 5. The Morgan fingerprint density at radius 1 is 1.48 bits per heavy atom. The number of hydrogen-bond donors (Lipinski definition) is 2. The third-order valence-electron chi connectivity index (χ3n) is 3.55. The Morgan fingerprint density at radius 2 is 2.19 bits per heavy atom. The van der Waals surface area contributed by atoms with E-state index in [0.29, 0.717) is 25.4 Å². The Bertz CT molecular complexity index is 463. The molecule has 3 N–H and O–H groups in total. The van der Waals surface area contributed by atoms with Gasteiger partial charge in [-0.3, -0.25) is 4.79 Å². The molecule has 0 spiro atoms. The first-order valence-corrected chi connectivity index (χ1v) is 7.07. The third kappa shape index (κ3) is 4.17. The predicted molar refractivity (Wildman–Crippen MR) is 77.8 cm³/mol. The van der Waals surface area contributed by atoms with E-state index in [4.69, 9.17) is 20.3 Å². The van der Waals surface area contributed by atoms with Gasteiger partial charge in [0.1, 0.15) is 5.75 Å². The smallest absolute Gasteiger partial charge is 0.260 e. The number of morpholine rings is 1. The van der Waals surface area contributed by atoms with Crippen LogP contribution in [0.1, 0.15) is 12.5 Å². The highest BCUT2D eigenvalue weighted by Gasteiger charge is 2.29. The Morgan fingerprint density at radius 3 is 2.81 bits per heavy atom. The SMILES string of the molecule is CC1COC(CO)CN1C(=O)COc1ccc(CN)cc1. The number of nitrogens with two attached hydrogens (primary N) is 1. The van der Waals surface area contributed by atoms with Gasteiger partial charge in [0.15, 0.2) is 6.61 Å². The second kappa shape index (κ2) is 7.40. The first-order chi connectivity index (χ1) is 10.1. The lowest BCUT2D eigenvalue weighted by Gasteiger charge is -2.37. The molecule has 1 saturated heterocycles. The van der Waals surface area contributed by atoms with E-state index in [2.05, 4.69) is 0 Å². The van der Waals surface area contributed by atoms with Crippen molar-refractivity contribution >= 4 is 5.91 Å². The molecule has 6 nitrogen and oxygen atoms in total. The lowest BCUT2D eigenvalue weighted by molar-refractivity contribution is -0.148. The van der Waals surface area contributed by atoms with Crippen LogP contribution in [0.4, 0.5) is 0 Å². The molecule has 0 aromatic heterocycles. The summed E-state index contributed by atoms with van der Waals surface area (Å²) in [6, 6.07) is 7.34. The number of hydrogen-bond acceptors (Lipinski definition) is 5. The number of carbonyl (C=O) groups is 1. The van der Waals surface area contributed by atoms with Crippen LogP contribution in [0, 0.1) is 0 Å². The second-order valence-corrected chi connectivity index (χ2v) is 5.17. The van der Waals surface area contributed by atoms with Gasteiger partial charge in [-0.15, -0.1) is 0 Å². The molecule has 2 atom stereocenters. The number of aliphatic hydroxyl groups excluding tert-OH is 1. The Kier molecular flexibility index (Phi) is 5.55. The first-order valence-electron chi connectivity index (χ1n) is 7.07. The maximum absolute atomic E-state index is 12.2. The highest BCUT2D eigenvalue weighted by Crippen LogP contribution is 2.14. The molecule has 1 aliphatic rings. The van der Waals surface area contributed by atoms with Crippen molar-refractivity contribution in [1.29, 1.82) is 0 Å². The summed E-state index contributed by atoms with van der Waals surface area (Å²) in [5.74, 6) is 0.535. The molecule has 116 valence electrons. The summed E-state index contributed by atoms with van der Waals surface area (Å²) in [4.78, 5) is 13.9. The average molecular weight is 294 g/mol. The molecule has 6 heteroatoms. The summed E-state index contributed by atoms with van der Waals surface area (Å²) < 4.78 is 10.9. The molecule has 1 amide bonds. The van der Waals surface area contributed by atoms with Gasteiger partial charge < -0.3 is 25.2 Å². The molecule has 1 aromatic rings. The Balaban J connectivity index is 1.87. The second-order valence-electron chi connectivity index (χ2n) is 5.17. The molecule has 1 heterocycles. The lowest BCUT2D eigenvalue weighted by atomic mass is 10.2. The number of amides is 1. The standard InChI is InChI=1S/C15H22N2O4/c1-11-9-20-14(8-18)7-17(11)15(19)10-21-13-4-2-12(6-16)3-5-13/h2-5,11,14,18H,6-10,16H2,1H3. The van der Waals surface area contributed by atoms with Gasteiger partial charge in [-0.25, -0.2) is 0 Å². The maximum Gasteiger partial charge on any atom is 0.260 e. The molecule has 0 saturated carbocycles. The quantitative estimate of drug-likeness (QED) is 0.806. The summed E-state index contributed by atoms with van der Waals surface area (Å²) in [5, 5.41) is 9.13. The predicted octanol–water partition coefficient (Wildman–Crippen LogP) is 0.132. The fourth-order valence-corrected chi connectivity index (χ4v) is 2.23. The molecule has 1 aliphatic heterocycles. The molecule has 0 bridgehead atoms. The van der Waals surface area contributed by atoms with Gasteiger partial charge in [0, 0.05) is 13.1 Å². The highest BCUT2D eigenvalue weighted by molar-refractivity contribution is 5.78. The minimum Gasteiger partial charge on any atom is -0.484 e. The zero-order chi connectivity index (χ0) is 15.2. The van der Waals surface area contributed by atoms with Gasteiger partial charge in [0.25, 0.3) is 5.91 Å². The number of carbonyl (C=O) groups excluding carboxylic acids is 1. The largest absolute Gasteiger partial charge is 0.484 e. The van der Waals surface area contributed by atoms with Crippen molar-refractivity contribution in [3.63, 3.8) is 0 Å². The molecule has 0 radical (unpaired) electrons. The lowest BCUT2D eigenvalue weighted by Crippen LogP contribution is -2.53. The molecule has 0 aliphatic carbocycles. The van der Waals surface area contributed by atoms with Gasteiger partial charge in [-0.05, 0) is 24.6 Å². The summed E-state index contributed by atoms with van der Waals surface area (Å²) >= 11 is 0. The molecule has 1 fully saturated rings. The van der Waals surface area contributed by atoms with Crippen molar-refractivity contribution in [3.8, 4) is 5.75 Å². The van der Waals surface area contributed by atoms with E-state index in [1.54, 1.807) is 17.0 Å². The van der Waals surface area contributed by atoms with Crippen LogP contribution < -0.4 is 10.5 Å². The summed E-state index contributed by atoms with van der Waals surface area (Å²) in [6.45, 7) is 3.12. The van der Waals surface area contributed by atoms with Crippen LogP contribution in [0.2, 0.25) is 0 Å². The molecular weight excluding hydrogens is 272 g/mol. The van der Waals surface area contributed by atoms with Crippen LogP contribution in [-0.4, -0.2) is 54.4 Å². The minimum atomic E-state index is -0.311. The summed E-state index contributed by atoms with van der Waals surface area (Å²) in [5.41, 5.74) is 6.54. The summed E-state index contributed by atoms with van der Waals surface area (Å²) in [7, 11) is 0. The van der Waals surface area contributed by atoms with Gasteiger partial charge in [-0.2, -0.15) is 0 Å². The zero-order valence-electron chi connectivity index (χ0n) is 12.2. The van der Waals surface area contributed by atoms with Crippen LogP contribution in [-0.2, 0) is 16.1 Å². The van der Waals surface area contributed by atoms with E-state index < -0.39 is 0 Å². The minimum absolute atomic E-state index is 0.0106. The fourth-order valence-electron chi connectivity index (χ4n) is 2.23. The fraction of sp³-hybridized carbons (Fsp3) is 0.533. The van der Waals surface area contributed by atoms with Gasteiger partial charge in [0.05, 0.1) is 25.4 Å². The van der Waals surface area contributed by atoms with E-state index >= 15 is 0 Å². The van der Waals surface area contributed by atoms with E-state index in [-0.39, 0.29) is 31.3 Å². The summed E-state index contributed by atoms with van der Waals surface area (Å²) in [6.07, 6.45) is -0.311. The number of ether oxygens (including phenoxy) is 2. The van der Waals surface area contributed by atoms with Crippen LogP contribution in [0.3, 0.4) is 0 Å². The van der Waals surface area contributed by atoms with E-state index in [1.165, 1.54) is 0 Å². The van der Waals surface area contributed by atoms with Crippen LogP contribution >= 0.6 is 0 Å². The Hall–Kier alpha value is -1.63.